The second kappa shape index (κ2) is 12.2. The molecule has 188 valence electrons. The van der Waals surface area contributed by atoms with Crippen molar-refractivity contribution in [2.45, 2.75) is 40.2 Å². The van der Waals surface area contributed by atoms with E-state index in [1.165, 1.54) is 0 Å². The number of rotatable bonds is 9. The summed E-state index contributed by atoms with van der Waals surface area (Å²) in [5, 5.41) is 9.32. The molecule has 0 aliphatic heterocycles. The van der Waals surface area contributed by atoms with Crippen LogP contribution in [0.3, 0.4) is 0 Å². The van der Waals surface area contributed by atoms with Gasteiger partial charge >= 0.3 is 5.97 Å². The van der Waals surface area contributed by atoms with Gasteiger partial charge in [-0.2, -0.15) is 0 Å². The van der Waals surface area contributed by atoms with Crippen molar-refractivity contribution < 1.29 is 19.4 Å². The third-order valence-electron chi connectivity index (χ3n) is 6.11. The molecule has 0 aliphatic carbocycles. The number of ether oxygens (including phenoxy) is 1. The van der Waals surface area contributed by atoms with Gasteiger partial charge in [-0.3, -0.25) is 4.79 Å². The van der Waals surface area contributed by atoms with Crippen LogP contribution in [0.2, 0.25) is 0 Å². The second-order valence-corrected chi connectivity index (χ2v) is 9.27. The van der Waals surface area contributed by atoms with Gasteiger partial charge in [0.15, 0.2) is 0 Å². The van der Waals surface area contributed by atoms with Crippen molar-refractivity contribution in [1.82, 2.24) is 4.90 Å². The molecule has 0 heterocycles. The van der Waals surface area contributed by atoms with Gasteiger partial charge in [-0.15, -0.1) is 0 Å². The van der Waals surface area contributed by atoms with E-state index in [0.29, 0.717) is 24.2 Å². The Hall–Kier alpha value is -4.22. The fraction of sp³-hybridized carbons (Fsp3) is 0.188. The predicted octanol–water partition coefficient (Wildman–Crippen LogP) is 6.00. The SMILES string of the molecule is Cc1cc(C)cc(C(=O)OCc2ccc(CN(Cc3ccc(CO)cc3)C(=O)c3ccccc3)cc2)c1. The van der Waals surface area contributed by atoms with Crippen LogP contribution in [0.1, 0.15) is 54.1 Å². The van der Waals surface area contributed by atoms with Gasteiger partial charge in [0.1, 0.15) is 6.61 Å². The standard InChI is InChI=1S/C32H31NO4/c1-23-16-24(2)18-30(17-23)32(36)37-22-28-14-10-26(11-15-28)20-33(31(35)29-6-4-3-5-7-29)19-25-8-12-27(21-34)13-9-25/h3-18,34H,19-22H2,1-2H3. The zero-order chi connectivity index (χ0) is 26.2. The first-order chi connectivity index (χ1) is 17.9. The highest BCUT2D eigenvalue weighted by Crippen LogP contribution is 2.17. The average molecular weight is 494 g/mol. The summed E-state index contributed by atoms with van der Waals surface area (Å²) in [6.07, 6.45) is 0. The number of aliphatic hydroxyl groups excluding tert-OH is 1. The van der Waals surface area contributed by atoms with Crippen LogP contribution >= 0.6 is 0 Å². The van der Waals surface area contributed by atoms with Crippen molar-refractivity contribution in [3.63, 3.8) is 0 Å². The summed E-state index contributed by atoms with van der Waals surface area (Å²) in [6, 6.07) is 30.3. The molecule has 4 aromatic rings. The lowest BCUT2D eigenvalue weighted by atomic mass is 10.1. The number of aryl methyl sites for hydroxylation is 2. The van der Waals surface area contributed by atoms with Crippen molar-refractivity contribution in [3.05, 3.63) is 142 Å². The number of hydrogen-bond acceptors (Lipinski definition) is 4. The topological polar surface area (TPSA) is 66.8 Å². The number of aliphatic hydroxyl groups is 1. The van der Waals surface area contributed by atoms with E-state index in [1.54, 1.807) is 4.90 Å². The largest absolute Gasteiger partial charge is 0.457 e. The molecule has 4 aromatic carbocycles. The number of nitrogens with zero attached hydrogens (tertiary/aromatic N) is 1. The Morgan fingerprint density at radius 2 is 1.19 bits per heavy atom. The Kier molecular flexibility index (Phi) is 8.49. The molecule has 0 bridgehead atoms. The highest BCUT2D eigenvalue weighted by Gasteiger charge is 2.17. The van der Waals surface area contributed by atoms with Gasteiger partial charge in [0.2, 0.25) is 0 Å². The van der Waals surface area contributed by atoms with E-state index >= 15 is 0 Å². The van der Waals surface area contributed by atoms with Crippen molar-refractivity contribution in [2.75, 3.05) is 0 Å². The number of amides is 1. The van der Waals surface area contributed by atoms with Crippen LogP contribution in [0.5, 0.6) is 0 Å². The first kappa shape index (κ1) is 25.9. The smallest absolute Gasteiger partial charge is 0.338 e. The maximum atomic E-state index is 13.3. The number of carbonyl (C=O) groups is 2. The minimum absolute atomic E-state index is 0.0147. The molecule has 0 spiro atoms. The van der Waals surface area contributed by atoms with Crippen molar-refractivity contribution >= 4 is 11.9 Å². The van der Waals surface area contributed by atoms with Crippen molar-refractivity contribution in [3.8, 4) is 0 Å². The van der Waals surface area contributed by atoms with Crippen molar-refractivity contribution in [2.24, 2.45) is 0 Å². The summed E-state index contributed by atoms with van der Waals surface area (Å²) in [5.74, 6) is -0.402. The third-order valence-corrected chi connectivity index (χ3v) is 6.11. The van der Waals surface area contributed by atoms with E-state index in [4.69, 9.17) is 4.74 Å². The summed E-state index contributed by atoms with van der Waals surface area (Å²) >= 11 is 0. The van der Waals surface area contributed by atoms with E-state index in [1.807, 2.05) is 111 Å². The van der Waals surface area contributed by atoms with Crippen LogP contribution in [0, 0.1) is 13.8 Å². The Morgan fingerprint density at radius 3 is 1.73 bits per heavy atom. The minimum Gasteiger partial charge on any atom is -0.457 e. The average Bonchev–Trinajstić information content (AvgIpc) is 2.92. The molecule has 0 saturated heterocycles. The Bertz CT molecular complexity index is 1330. The van der Waals surface area contributed by atoms with Gasteiger partial charge in [-0.05, 0) is 60.4 Å². The molecular formula is C32H31NO4. The third kappa shape index (κ3) is 7.15. The maximum absolute atomic E-state index is 13.3. The van der Waals surface area contributed by atoms with E-state index in [2.05, 4.69) is 0 Å². The quantitative estimate of drug-likeness (QED) is 0.291. The van der Waals surface area contributed by atoms with E-state index in [9.17, 15) is 14.7 Å². The zero-order valence-electron chi connectivity index (χ0n) is 21.2. The van der Waals surface area contributed by atoms with E-state index in [-0.39, 0.29) is 25.1 Å². The van der Waals surface area contributed by atoms with Crippen molar-refractivity contribution in [1.29, 1.82) is 0 Å². The maximum Gasteiger partial charge on any atom is 0.338 e. The van der Waals surface area contributed by atoms with Gasteiger partial charge in [0, 0.05) is 18.7 Å². The first-order valence-corrected chi connectivity index (χ1v) is 12.3. The zero-order valence-corrected chi connectivity index (χ0v) is 21.2. The molecule has 1 amide bonds. The molecule has 5 heteroatoms. The summed E-state index contributed by atoms with van der Waals surface area (Å²) in [6.45, 7) is 4.94. The van der Waals surface area contributed by atoms with E-state index < -0.39 is 0 Å². The molecule has 0 unspecified atom stereocenters. The second-order valence-electron chi connectivity index (χ2n) is 9.27. The Morgan fingerprint density at radius 1 is 0.676 bits per heavy atom. The minimum atomic E-state index is -0.345. The highest BCUT2D eigenvalue weighted by atomic mass is 16.5. The van der Waals surface area contributed by atoms with Gasteiger partial charge in [-0.25, -0.2) is 4.79 Å². The summed E-state index contributed by atoms with van der Waals surface area (Å²) < 4.78 is 5.52. The monoisotopic (exact) mass is 493 g/mol. The van der Waals surface area contributed by atoms with Gasteiger partial charge < -0.3 is 14.7 Å². The van der Waals surface area contributed by atoms with Crippen LogP contribution in [0.25, 0.3) is 0 Å². The van der Waals surface area contributed by atoms with Gasteiger partial charge in [-0.1, -0.05) is 83.9 Å². The summed E-state index contributed by atoms with van der Waals surface area (Å²) in [7, 11) is 0. The van der Waals surface area contributed by atoms with Crippen LogP contribution in [0.4, 0.5) is 0 Å². The number of benzene rings is 4. The van der Waals surface area contributed by atoms with E-state index in [0.717, 1.165) is 33.4 Å². The fourth-order valence-electron chi connectivity index (χ4n) is 4.22. The normalized spacial score (nSPS) is 10.7. The molecule has 0 saturated carbocycles. The summed E-state index contributed by atoms with van der Waals surface area (Å²) in [4.78, 5) is 27.6. The predicted molar refractivity (Wildman–Crippen MR) is 144 cm³/mol. The fourth-order valence-corrected chi connectivity index (χ4v) is 4.22. The van der Waals surface area contributed by atoms with Crippen LogP contribution < -0.4 is 0 Å². The Labute approximate surface area is 218 Å². The molecule has 5 nitrogen and oxygen atoms in total. The van der Waals surface area contributed by atoms with Crippen LogP contribution in [-0.2, 0) is 31.0 Å². The lowest BCUT2D eigenvalue weighted by molar-refractivity contribution is 0.0472. The molecule has 0 atom stereocenters. The lowest BCUT2D eigenvalue weighted by Gasteiger charge is -2.23. The molecule has 0 radical (unpaired) electrons. The van der Waals surface area contributed by atoms with Crippen LogP contribution in [0.15, 0.2) is 97.1 Å². The highest BCUT2D eigenvalue weighted by molar-refractivity contribution is 5.94. The van der Waals surface area contributed by atoms with Gasteiger partial charge in [0.05, 0.1) is 12.2 Å². The van der Waals surface area contributed by atoms with Crippen LogP contribution in [-0.4, -0.2) is 21.9 Å². The lowest BCUT2D eigenvalue weighted by Crippen LogP contribution is -2.30. The number of esters is 1. The Balaban J connectivity index is 1.44. The molecule has 1 N–H and O–H groups in total. The van der Waals surface area contributed by atoms with Gasteiger partial charge in [0.25, 0.3) is 5.91 Å². The number of carbonyl (C=O) groups excluding carboxylic acids is 2. The molecule has 0 aliphatic rings. The molecule has 4 rings (SSSR count). The molecule has 0 aromatic heterocycles. The molecule has 37 heavy (non-hydrogen) atoms. The summed E-state index contributed by atoms with van der Waals surface area (Å²) in [5.41, 5.74) is 6.89. The molecular weight excluding hydrogens is 462 g/mol. The first-order valence-electron chi connectivity index (χ1n) is 12.3. The number of hydrogen-bond donors (Lipinski definition) is 1. The molecule has 0 fully saturated rings.